The second kappa shape index (κ2) is 14.8. The average Bonchev–Trinajstić information content (AvgIpc) is 3.60. The highest BCUT2D eigenvalue weighted by atomic mass is 16.7. The Morgan fingerprint density at radius 1 is 0.643 bits per heavy atom. The van der Waals surface area contributed by atoms with Gasteiger partial charge in [-0.15, -0.1) is 0 Å². The summed E-state index contributed by atoms with van der Waals surface area (Å²) in [6.07, 6.45) is -0.392. The number of carbonyl (C=O) groups excluding carboxylic acids is 4. The Hall–Kier alpha value is -4.68. The first-order chi connectivity index (χ1) is 20.4. The summed E-state index contributed by atoms with van der Waals surface area (Å²) < 4.78 is 43.4. The monoisotopic (exact) mass is 582 g/mol. The van der Waals surface area contributed by atoms with Gasteiger partial charge in [-0.2, -0.15) is 0 Å². The van der Waals surface area contributed by atoms with Crippen molar-refractivity contribution in [3.05, 3.63) is 85.0 Å². The van der Waals surface area contributed by atoms with Gasteiger partial charge in [0.05, 0.1) is 24.3 Å². The van der Waals surface area contributed by atoms with Gasteiger partial charge in [0, 0.05) is 12.2 Å². The van der Waals surface area contributed by atoms with Crippen LogP contribution in [-0.2, 0) is 38.0 Å². The van der Waals surface area contributed by atoms with Crippen molar-refractivity contribution in [3.63, 3.8) is 0 Å². The molecule has 4 atom stereocenters. The minimum absolute atomic E-state index is 0.0639. The average molecular weight is 583 g/mol. The Morgan fingerprint density at radius 2 is 1.02 bits per heavy atom. The van der Waals surface area contributed by atoms with Gasteiger partial charge in [-0.3, -0.25) is 0 Å². The number of hydrogen-bond acceptors (Lipinski definition) is 12. The Bertz CT molecular complexity index is 1170. The molecule has 0 unspecified atom stereocenters. The molecule has 2 aromatic carbocycles. The summed E-state index contributed by atoms with van der Waals surface area (Å²) in [7, 11) is 0. The van der Waals surface area contributed by atoms with E-state index in [0.29, 0.717) is 22.6 Å². The number of hydrogen-bond donors (Lipinski definition) is 0. The predicted octanol–water partition coefficient (Wildman–Crippen LogP) is 2.45. The van der Waals surface area contributed by atoms with Crippen molar-refractivity contribution in [3.8, 4) is 11.5 Å². The van der Waals surface area contributed by atoms with Gasteiger partial charge >= 0.3 is 23.9 Å². The molecule has 12 heteroatoms. The van der Waals surface area contributed by atoms with E-state index in [1.54, 1.807) is 48.5 Å². The van der Waals surface area contributed by atoms with E-state index in [9.17, 15) is 19.2 Å². The van der Waals surface area contributed by atoms with Crippen LogP contribution in [0.15, 0.2) is 73.8 Å². The molecule has 0 N–H and O–H groups in total. The van der Waals surface area contributed by atoms with Crippen LogP contribution < -0.4 is 9.47 Å². The van der Waals surface area contributed by atoms with Crippen LogP contribution >= 0.6 is 0 Å². The first kappa shape index (κ1) is 30.3. The first-order valence-electron chi connectivity index (χ1n) is 13.1. The number of rotatable bonds is 14. The van der Waals surface area contributed by atoms with Crippen LogP contribution in [0.4, 0.5) is 0 Å². The Labute approximate surface area is 241 Å². The summed E-state index contributed by atoms with van der Waals surface area (Å²) in [5.74, 6) is -1.23. The maximum Gasteiger partial charge on any atom is 0.338 e. The minimum atomic E-state index is -0.677. The van der Waals surface area contributed by atoms with Crippen LogP contribution in [0.1, 0.15) is 20.7 Å². The van der Waals surface area contributed by atoms with Crippen molar-refractivity contribution < 1.29 is 57.1 Å². The highest BCUT2D eigenvalue weighted by Crippen LogP contribution is 2.31. The first-order valence-corrected chi connectivity index (χ1v) is 13.1. The van der Waals surface area contributed by atoms with Gasteiger partial charge in [-0.25, -0.2) is 19.2 Å². The van der Waals surface area contributed by atoms with Gasteiger partial charge in [0.15, 0.2) is 12.2 Å². The fourth-order valence-corrected chi connectivity index (χ4v) is 4.14. The zero-order chi connectivity index (χ0) is 29.9. The molecule has 0 amide bonds. The second-order valence-corrected chi connectivity index (χ2v) is 8.97. The number of benzene rings is 2. The molecule has 0 spiro atoms. The van der Waals surface area contributed by atoms with Gasteiger partial charge in [0.2, 0.25) is 0 Å². The van der Waals surface area contributed by atoms with E-state index in [4.69, 9.17) is 37.9 Å². The van der Waals surface area contributed by atoms with Gasteiger partial charge < -0.3 is 37.9 Å². The minimum Gasteiger partial charge on any atom is -0.490 e. The smallest absolute Gasteiger partial charge is 0.338 e. The van der Waals surface area contributed by atoms with Gasteiger partial charge in [-0.05, 0) is 48.5 Å². The number of fused-ring (bicyclic) bond motifs is 1. The Balaban J connectivity index is 1.20. The third-order valence-electron chi connectivity index (χ3n) is 6.19. The molecule has 0 bridgehead atoms. The van der Waals surface area contributed by atoms with E-state index in [1.807, 2.05) is 0 Å². The van der Waals surface area contributed by atoms with Crippen molar-refractivity contribution >= 4 is 23.9 Å². The van der Waals surface area contributed by atoms with Crippen LogP contribution in [0.25, 0.3) is 0 Å². The van der Waals surface area contributed by atoms with Crippen LogP contribution in [-0.4, -0.2) is 87.9 Å². The quantitative estimate of drug-likeness (QED) is 0.140. The summed E-state index contributed by atoms with van der Waals surface area (Å²) in [5.41, 5.74) is 0.602. The lowest BCUT2D eigenvalue weighted by Gasteiger charge is -2.17. The Kier molecular flexibility index (Phi) is 10.7. The fourth-order valence-electron chi connectivity index (χ4n) is 4.14. The summed E-state index contributed by atoms with van der Waals surface area (Å²) in [5, 5.41) is 0. The van der Waals surface area contributed by atoms with E-state index < -0.39 is 48.3 Å². The molecule has 2 fully saturated rings. The van der Waals surface area contributed by atoms with Crippen LogP contribution in [0, 0.1) is 0 Å². The number of ether oxygens (including phenoxy) is 8. The van der Waals surface area contributed by atoms with Crippen LogP contribution in [0.3, 0.4) is 0 Å². The van der Waals surface area contributed by atoms with Crippen molar-refractivity contribution in [2.75, 3.05) is 39.6 Å². The fraction of sp³-hybridized carbons (Fsp3) is 0.333. The standard InChI is InChI=1S/C30H30O12/c1-3-25(31)37-15-13-35-21-9-5-19(6-10-21)29(33)41-23-17-39-28-24(18-40-27(23)28)42-30(34)20-7-11-22(12-8-20)36-14-16-38-26(32)4-2/h3-12,23-24,27-28H,1-2,13-18H2/t23-,24+,27-,28-/m1/s1. The van der Waals surface area contributed by atoms with Crippen molar-refractivity contribution in [1.29, 1.82) is 0 Å². The summed E-state index contributed by atoms with van der Waals surface area (Å²) in [4.78, 5) is 47.5. The number of carbonyl (C=O) groups is 4. The van der Waals surface area contributed by atoms with E-state index >= 15 is 0 Å². The topological polar surface area (TPSA) is 142 Å². The highest BCUT2D eigenvalue weighted by Gasteiger charge is 2.51. The molecule has 12 nitrogen and oxygen atoms in total. The van der Waals surface area contributed by atoms with E-state index in [0.717, 1.165) is 12.2 Å². The lowest BCUT2D eigenvalue weighted by Crippen LogP contribution is -2.36. The zero-order valence-corrected chi connectivity index (χ0v) is 22.6. The highest BCUT2D eigenvalue weighted by molar-refractivity contribution is 5.90. The molecule has 0 saturated carbocycles. The molecule has 0 aromatic heterocycles. The third kappa shape index (κ3) is 8.18. The molecule has 2 saturated heterocycles. The molecular formula is C30H30O12. The van der Waals surface area contributed by atoms with Crippen molar-refractivity contribution in [2.45, 2.75) is 24.4 Å². The molecular weight excluding hydrogens is 552 g/mol. The second-order valence-electron chi connectivity index (χ2n) is 8.97. The molecule has 42 heavy (non-hydrogen) atoms. The molecule has 2 aliphatic rings. The third-order valence-corrected chi connectivity index (χ3v) is 6.19. The molecule has 2 aromatic rings. The number of esters is 4. The van der Waals surface area contributed by atoms with E-state index in [2.05, 4.69) is 13.2 Å². The maximum atomic E-state index is 12.7. The van der Waals surface area contributed by atoms with E-state index in [-0.39, 0.29) is 39.6 Å². The normalized spacial score (nSPS) is 20.5. The molecule has 2 heterocycles. The Morgan fingerprint density at radius 3 is 1.38 bits per heavy atom. The van der Waals surface area contributed by atoms with Gasteiger partial charge in [0.25, 0.3) is 0 Å². The summed E-state index contributed by atoms with van der Waals surface area (Å²) >= 11 is 0. The SMILES string of the molecule is C=CC(=O)OCCOc1ccc(C(=O)O[C@H]2CO[C@H]3[C@@H]2OC[C@H]3OC(=O)c2ccc(OCCOC(=O)C=C)cc2)cc1. The molecule has 4 rings (SSSR count). The summed E-state index contributed by atoms with van der Waals surface area (Å²) in [6.45, 7) is 7.22. The lowest BCUT2D eigenvalue weighted by atomic mass is 10.1. The largest absolute Gasteiger partial charge is 0.490 e. The lowest BCUT2D eigenvalue weighted by molar-refractivity contribution is -0.139. The molecule has 0 radical (unpaired) electrons. The van der Waals surface area contributed by atoms with Crippen molar-refractivity contribution in [1.82, 2.24) is 0 Å². The zero-order valence-electron chi connectivity index (χ0n) is 22.6. The van der Waals surface area contributed by atoms with Crippen LogP contribution in [0.2, 0.25) is 0 Å². The van der Waals surface area contributed by atoms with Gasteiger partial charge in [0.1, 0.15) is 50.1 Å². The summed E-state index contributed by atoms with van der Waals surface area (Å²) in [6, 6.07) is 12.6. The maximum absolute atomic E-state index is 12.7. The molecule has 0 aliphatic carbocycles. The van der Waals surface area contributed by atoms with E-state index in [1.165, 1.54) is 0 Å². The predicted molar refractivity (Wildman–Crippen MR) is 144 cm³/mol. The molecule has 2 aliphatic heterocycles. The van der Waals surface area contributed by atoms with Crippen molar-refractivity contribution in [2.24, 2.45) is 0 Å². The van der Waals surface area contributed by atoms with Crippen LogP contribution in [0.5, 0.6) is 11.5 Å². The van der Waals surface area contributed by atoms with Gasteiger partial charge in [-0.1, -0.05) is 13.2 Å². The molecule has 222 valence electrons.